The van der Waals surface area contributed by atoms with Crippen molar-refractivity contribution in [1.82, 2.24) is 4.98 Å². The summed E-state index contributed by atoms with van der Waals surface area (Å²) in [6.07, 6.45) is 1.38. The zero-order valence-electron chi connectivity index (χ0n) is 11.2. The van der Waals surface area contributed by atoms with Crippen LogP contribution in [0.2, 0.25) is 0 Å². The minimum atomic E-state index is -1.11. The van der Waals surface area contributed by atoms with E-state index >= 15 is 0 Å². The Kier molecular flexibility index (Phi) is 4.03. The van der Waals surface area contributed by atoms with E-state index in [1.165, 1.54) is 37.6 Å². The molecule has 21 heavy (non-hydrogen) atoms. The fourth-order valence-electron chi connectivity index (χ4n) is 1.68. The molecule has 1 amide bonds. The summed E-state index contributed by atoms with van der Waals surface area (Å²) in [7, 11) is 1.36. The number of ether oxygens (including phenoxy) is 1. The van der Waals surface area contributed by atoms with Gasteiger partial charge in [0.15, 0.2) is 0 Å². The Morgan fingerprint density at radius 2 is 2.05 bits per heavy atom. The van der Waals surface area contributed by atoms with Gasteiger partial charge in [-0.15, -0.1) is 0 Å². The smallest absolute Gasteiger partial charge is 0.339 e. The number of nitrogen functional groups attached to an aromatic ring is 1. The molecule has 4 N–H and O–H groups in total. The number of pyridine rings is 1. The van der Waals surface area contributed by atoms with Gasteiger partial charge in [0.25, 0.3) is 5.91 Å². The molecule has 0 atom stereocenters. The number of anilines is 2. The van der Waals surface area contributed by atoms with Crippen LogP contribution in [0.15, 0.2) is 36.5 Å². The number of nitrogens with two attached hydrogens (primary N) is 1. The number of methoxy groups -OCH3 is 1. The van der Waals surface area contributed by atoms with Gasteiger partial charge in [0.1, 0.15) is 17.0 Å². The topological polar surface area (TPSA) is 115 Å². The highest BCUT2D eigenvalue weighted by Crippen LogP contribution is 2.23. The van der Waals surface area contributed by atoms with Gasteiger partial charge in [0.05, 0.1) is 19.0 Å². The van der Waals surface area contributed by atoms with E-state index in [2.05, 4.69) is 10.3 Å². The van der Waals surface area contributed by atoms with Crippen molar-refractivity contribution in [2.45, 2.75) is 0 Å². The number of rotatable bonds is 4. The molecule has 7 nitrogen and oxygen atoms in total. The van der Waals surface area contributed by atoms with Gasteiger partial charge in [-0.1, -0.05) is 0 Å². The number of carboxylic acid groups (broad SMARTS) is 1. The third-order valence-electron chi connectivity index (χ3n) is 2.71. The lowest BCUT2D eigenvalue weighted by Crippen LogP contribution is -2.14. The van der Waals surface area contributed by atoms with E-state index < -0.39 is 11.9 Å². The number of aromatic carboxylic acids is 1. The average Bonchev–Trinajstić information content (AvgIpc) is 2.47. The largest absolute Gasteiger partial charge is 0.496 e. The second kappa shape index (κ2) is 5.91. The summed E-state index contributed by atoms with van der Waals surface area (Å²) in [4.78, 5) is 26.9. The van der Waals surface area contributed by atoms with Crippen LogP contribution in [-0.2, 0) is 0 Å². The standard InChI is InChI=1S/C14H13N3O4/c1-21-12-6-9(3-4-10(12)14(19)20)17-13(18)11-5-2-8(15)7-16-11/h2-7H,15H2,1H3,(H,17,18)(H,19,20). The van der Waals surface area contributed by atoms with Gasteiger partial charge >= 0.3 is 5.97 Å². The fourth-order valence-corrected chi connectivity index (χ4v) is 1.68. The zero-order chi connectivity index (χ0) is 15.4. The van der Waals surface area contributed by atoms with Crippen LogP contribution >= 0.6 is 0 Å². The molecule has 1 heterocycles. The van der Waals surface area contributed by atoms with E-state index in [9.17, 15) is 9.59 Å². The zero-order valence-corrected chi connectivity index (χ0v) is 11.2. The minimum Gasteiger partial charge on any atom is -0.496 e. The van der Waals surface area contributed by atoms with Crippen molar-refractivity contribution in [1.29, 1.82) is 0 Å². The molecule has 0 aliphatic heterocycles. The van der Waals surface area contributed by atoms with E-state index in [0.717, 1.165) is 0 Å². The number of amides is 1. The van der Waals surface area contributed by atoms with Crippen molar-refractivity contribution in [2.24, 2.45) is 0 Å². The summed E-state index contributed by atoms with van der Waals surface area (Å²) in [6, 6.07) is 7.32. The first-order valence-corrected chi connectivity index (χ1v) is 5.95. The van der Waals surface area contributed by atoms with E-state index in [0.29, 0.717) is 11.4 Å². The number of nitrogens with one attached hydrogen (secondary N) is 1. The van der Waals surface area contributed by atoms with Crippen LogP contribution in [0, 0.1) is 0 Å². The molecule has 1 aromatic carbocycles. The maximum atomic E-state index is 12.0. The molecule has 108 valence electrons. The van der Waals surface area contributed by atoms with Crippen LogP contribution < -0.4 is 15.8 Å². The minimum absolute atomic E-state index is 0.0149. The lowest BCUT2D eigenvalue weighted by Gasteiger charge is -2.09. The van der Waals surface area contributed by atoms with Gasteiger partial charge in [-0.25, -0.2) is 9.78 Å². The fraction of sp³-hybridized carbons (Fsp3) is 0.0714. The van der Waals surface area contributed by atoms with E-state index in [1.807, 2.05) is 0 Å². The monoisotopic (exact) mass is 287 g/mol. The Morgan fingerprint density at radius 3 is 2.62 bits per heavy atom. The van der Waals surface area contributed by atoms with E-state index in [1.54, 1.807) is 6.07 Å². The lowest BCUT2D eigenvalue weighted by molar-refractivity contribution is 0.0693. The van der Waals surface area contributed by atoms with Crippen molar-refractivity contribution >= 4 is 23.3 Å². The van der Waals surface area contributed by atoms with Crippen LogP contribution in [0.4, 0.5) is 11.4 Å². The van der Waals surface area contributed by atoms with Crippen molar-refractivity contribution < 1.29 is 19.4 Å². The molecule has 0 fully saturated rings. The summed E-state index contributed by atoms with van der Waals surface area (Å²) in [5.74, 6) is -1.38. The van der Waals surface area contributed by atoms with Crippen molar-refractivity contribution in [2.75, 3.05) is 18.2 Å². The van der Waals surface area contributed by atoms with Gasteiger partial charge in [-0.05, 0) is 24.3 Å². The van der Waals surface area contributed by atoms with Gasteiger partial charge in [-0.2, -0.15) is 0 Å². The molecule has 2 rings (SSSR count). The van der Waals surface area contributed by atoms with Crippen LogP contribution in [0.3, 0.4) is 0 Å². The second-order valence-corrected chi connectivity index (χ2v) is 4.15. The summed E-state index contributed by atoms with van der Waals surface area (Å²) in [5.41, 5.74) is 6.57. The number of carbonyl (C=O) groups excluding carboxylic acids is 1. The number of hydrogen-bond donors (Lipinski definition) is 3. The Bertz CT molecular complexity index is 683. The Hall–Kier alpha value is -3.09. The van der Waals surface area contributed by atoms with Crippen LogP contribution in [0.1, 0.15) is 20.8 Å². The molecule has 0 saturated carbocycles. The third kappa shape index (κ3) is 3.27. The van der Waals surface area contributed by atoms with E-state index in [-0.39, 0.29) is 17.0 Å². The third-order valence-corrected chi connectivity index (χ3v) is 2.71. The molecule has 0 aliphatic rings. The summed E-state index contributed by atoms with van der Waals surface area (Å²) < 4.78 is 4.99. The van der Waals surface area contributed by atoms with Gasteiger partial charge in [0, 0.05) is 11.8 Å². The number of hydrogen-bond acceptors (Lipinski definition) is 5. The molecule has 7 heteroatoms. The first-order valence-electron chi connectivity index (χ1n) is 5.95. The molecule has 2 aromatic rings. The highest BCUT2D eigenvalue weighted by molar-refractivity contribution is 6.03. The normalized spacial score (nSPS) is 9.95. The van der Waals surface area contributed by atoms with Crippen molar-refractivity contribution in [3.8, 4) is 5.75 Å². The maximum Gasteiger partial charge on any atom is 0.339 e. The number of carboxylic acids is 1. The summed E-state index contributed by atoms with van der Waals surface area (Å²) in [5, 5.41) is 11.6. The quantitative estimate of drug-likeness (QED) is 0.787. The van der Waals surface area contributed by atoms with Crippen LogP contribution in [0.5, 0.6) is 5.75 Å². The van der Waals surface area contributed by atoms with Crippen LogP contribution in [0.25, 0.3) is 0 Å². The molecule has 0 saturated heterocycles. The SMILES string of the molecule is COc1cc(NC(=O)c2ccc(N)cn2)ccc1C(=O)O. The van der Waals surface area contributed by atoms with Crippen LogP contribution in [-0.4, -0.2) is 29.1 Å². The molecule has 0 spiro atoms. The second-order valence-electron chi connectivity index (χ2n) is 4.15. The molecular weight excluding hydrogens is 274 g/mol. The molecular formula is C14H13N3O4. The highest BCUT2D eigenvalue weighted by atomic mass is 16.5. The first kappa shape index (κ1) is 14.3. The van der Waals surface area contributed by atoms with Gasteiger partial charge in [-0.3, -0.25) is 4.79 Å². The van der Waals surface area contributed by atoms with Gasteiger partial charge < -0.3 is 20.9 Å². The summed E-state index contributed by atoms with van der Waals surface area (Å²) in [6.45, 7) is 0. The van der Waals surface area contributed by atoms with Gasteiger partial charge in [0.2, 0.25) is 0 Å². The highest BCUT2D eigenvalue weighted by Gasteiger charge is 2.13. The number of carbonyl (C=O) groups is 2. The molecule has 0 bridgehead atoms. The predicted molar refractivity (Wildman–Crippen MR) is 76.6 cm³/mol. The maximum absolute atomic E-state index is 12.0. The first-order chi connectivity index (χ1) is 10.0. The predicted octanol–water partition coefficient (Wildman–Crippen LogP) is 1.62. The van der Waals surface area contributed by atoms with E-state index in [4.69, 9.17) is 15.6 Å². The van der Waals surface area contributed by atoms with Crippen molar-refractivity contribution in [3.63, 3.8) is 0 Å². The Morgan fingerprint density at radius 1 is 1.29 bits per heavy atom. The summed E-state index contributed by atoms with van der Waals surface area (Å²) >= 11 is 0. The number of aromatic nitrogens is 1. The number of nitrogens with zero attached hydrogens (tertiary/aromatic N) is 1. The number of benzene rings is 1. The Labute approximate surface area is 120 Å². The molecule has 0 radical (unpaired) electrons. The molecule has 1 aromatic heterocycles. The molecule has 0 aliphatic carbocycles. The molecule has 0 unspecified atom stereocenters. The average molecular weight is 287 g/mol. The lowest BCUT2D eigenvalue weighted by atomic mass is 10.1. The Balaban J connectivity index is 2.21. The van der Waals surface area contributed by atoms with Crippen molar-refractivity contribution in [3.05, 3.63) is 47.8 Å².